The van der Waals surface area contributed by atoms with Crippen LogP contribution in [0.2, 0.25) is 0 Å². The Kier molecular flexibility index (Phi) is 8.06. The first kappa shape index (κ1) is 33.2. The van der Waals surface area contributed by atoms with E-state index in [0.717, 1.165) is 69.0 Å². The number of hydrogen-bond acceptors (Lipinski definition) is 4. The number of aromatic nitrogens is 3. The Morgan fingerprint density at radius 2 is 1.12 bits per heavy atom. The second-order valence-electron chi connectivity index (χ2n) is 15.1. The molecule has 11 rings (SSSR count). The summed E-state index contributed by atoms with van der Waals surface area (Å²) in [6.07, 6.45) is 17.1. The number of rotatable bonds is 6. The van der Waals surface area contributed by atoms with Crippen molar-refractivity contribution in [2.45, 2.75) is 19.3 Å². The summed E-state index contributed by atoms with van der Waals surface area (Å²) in [4.78, 5) is 15.3. The minimum absolute atomic E-state index is 0.431. The molecule has 0 saturated carbocycles. The third-order valence-corrected chi connectivity index (χ3v) is 11.6. The first-order valence-electron chi connectivity index (χ1n) is 19.7. The molecule has 8 aromatic rings. The van der Waals surface area contributed by atoms with Crippen LogP contribution >= 0.6 is 0 Å². The van der Waals surface area contributed by atoms with Gasteiger partial charge in [-0.3, -0.25) is 0 Å². The maximum absolute atomic E-state index is 6.49. The van der Waals surface area contributed by atoms with Crippen molar-refractivity contribution in [2.24, 2.45) is 5.92 Å². The second kappa shape index (κ2) is 13.8. The summed E-state index contributed by atoms with van der Waals surface area (Å²) in [5.41, 5.74) is 16.2. The fraction of sp³-hybridized carbons (Fsp3) is 0.0755. The molecule has 0 bridgehead atoms. The molecular weight excluding hydrogens is 695 g/mol. The Morgan fingerprint density at radius 1 is 0.456 bits per heavy atom. The van der Waals surface area contributed by atoms with E-state index in [9.17, 15) is 0 Å². The normalized spacial score (nSPS) is 16.0. The number of hydrogen-bond donors (Lipinski definition) is 0. The molecule has 4 nitrogen and oxygen atoms in total. The molecule has 0 radical (unpaired) electrons. The Labute approximate surface area is 331 Å². The standard InChI is InChI=1S/C53H37N3O/c1-3-11-34(12-4-1)39-16-9-17-43(32-39)52-54-51(38-14-5-2-6-15-38)55-53(56-52)46-19-10-20-49-50(46)47-33-41(28-30-48(47)57-49)36-23-21-35(22-24-36)40-27-29-45-42(31-40)26-25-37-13-7-8-18-44(37)45/h1-21,23,25-30,32-33,42H,22,24,31H2. The third-order valence-electron chi connectivity index (χ3n) is 11.6. The van der Waals surface area contributed by atoms with E-state index < -0.39 is 0 Å². The highest BCUT2D eigenvalue weighted by Gasteiger charge is 2.25. The molecule has 0 amide bonds. The van der Waals surface area contributed by atoms with Gasteiger partial charge in [-0.2, -0.15) is 0 Å². The zero-order valence-corrected chi connectivity index (χ0v) is 31.3. The lowest BCUT2D eigenvalue weighted by Gasteiger charge is -2.29. The molecule has 2 heterocycles. The van der Waals surface area contributed by atoms with E-state index in [1.54, 1.807) is 0 Å². The lowest BCUT2D eigenvalue weighted by Crippen LogP contribution is -2.11. The van der Waals surface area contributed by atoms with Gasteiger partial charge in [0.15, 0.2) is 17.5 Å². The maximum Gasteiger partial charge on any atom is 0.164 e. The zero-order chi connectivity index (χ0) is 37.7. The molecule has 1 unspecified atom stereocenters. The van der Waals surface area contributed by atoms with Gasteiger partial charge in [-0.05, 0) is 93.6 Å². The maximum atomic E-state index is 6.49. The van der Waals surface area contributed by atoms with Crippen molar-refractivity contribution in [3.8, 4) is 45.3 Å². The number of benzene rings is 6. The number of allylic oxidation sites excluding steroid dienone is 9. The quantitative estimate of drug-likeness (QED) is 0.171. The number of furan rings is 1. The Morgan fingerprint density at radius 3 is 1.96 bits per heavy atom. The van der Waals surface area contributed by atoms with Gasteiger partial charge in [0.25, 0.3) is 0 Å². The van der Waals surface area contributed by atoms with E-state index >= 15 is 0 Å². The van der Waals surface area contributed by atoms with Crippen molar-refractivity contribution in [3.63, 3.8) is 0 Å². The molecule has 3 aliphatic carbocycles. The van der Waals surface area contributed by atoms with Crippen LogP contribution in [-0.2, 0) is 0 Å². The molecule has 1 atom stereocenters. The van der Waals surface area contributed by atoms with Crippen LogP contribution in [0.15, 0.2) is 192 Å². The summed E-state index contributed by atoms with van der Waals surface area (Å²) in [5, 5.41) is 2.06. The highest BCUT2D eigenvalue weighted by molar-refractivity contribution is 6.12. The van der Waals surface area contributed by atoms with Crippen LogP contribution in [-0.4, -0.2) is 15.0 Å². The van der Waals surface area contributed by atoms with Crippen molar-refractivity contribution < 1.29 is 4.42 Å². The third kappa shape index (κ3) is 6.07. The van der Waals surface area contributed by atoms with E-state index in [0.29, 0.717) is 23.4 Å². The van der Waals surface area contributed by atoms with Crippen molar-refractivity contribution in [1.82, 2.24) is 15.0 Å². The summed E-state index contributed by atoms with van der Waals surface area (Å²) in [6, 6.07) is 50.5. The first-order chi connectivity index (χ1) is 28.2. The molecular formula is C53H37N3O. The van der Waals surface area contributed by atoms with Gasteiger partial charge in [0.2, 0.25) is 0 Å². The highest BCUT2D eigenvalue weighted by atomic mass is 16.3. The average molecular weight is 732 g/mol. The Hall–Kier alpha value is -7.17. The van der Waals surface area contributed by atoms with E-state index in [4.69, 9.17) is 19.4 Å². The molecule has 6 aromatic carbocycles. The van der Waals surface area contributed by atoms with E-state index in [2.05, 4.69) is 134 Å². The van der Waals surface area contributed by atoms with Crippen molar-refractivity contribution >= 4 is 39.2 Å². The van der Waals surface area contributed by atoms with Gasteiger partial charge in [-0.1, -0.05) is 158 Å². The van der Waals surface area contributed by atoms with Crippen LogP contribution in [0.3, 0.4) is 0 Å². The van der Waals surface area contributed by atoms with Crippen molar-refractivity contribution in [1.29, 1.82) is 0 Å². The van der Waals surface area contributed by atoms with E-state index in [1.807, 2.05) is 48.5 Å². The van der Waals surface area contributed by atoms with Gasteiger partial charge in [0, 0.05) is 33.4 Å². The Balaban J connectivity index is 0.978. The summed E-state index contributed by atoms with van der Waals surface area (Å²) < 4.78 is 6.49. The molecule has 57 heavy (non-hydrogen) atoms. The Bertz CT molecular complexity index is 3030. The van der Waals surface area contributed by atoms with E-state index in [1.165, 1.54) is 39.0 Å². The highest BCUT2D eigenvalue weighted by Crippen LogP contribution is 2.43. The molecule has 0 fully saturated rings. The molecule has 0 spiro atoms. The zero-order valence-electron chi connectivity index (χ0n) is 31.3. The molecule has 0 saturated heterocycles. The predicted molar refractivity (Wildman–Crippen MR) is 234 cm³/mol. The minimum Gasteiger partial charge on any atom is -0.456 e. The van der Waals surface area contributed by atoms with Crippen LogP contribution in [0.1, 0.15) is 36.0 Å². The van der Waals surface area contributed by atoms with E-state index in [-0.39, 0.29) is 0 Å². The molecule has 2 aromatic heterocycles. The van der Waals surface area contributed by atoms with Gasteiger partial charge < -0.3 is 4.42 Å². The smallest absolute Gasteiger partial charge is 0.164 e. The van der Waals surface area contributed by atoms with Crippen LogP contribution in [0.25, 0.3) is 84.5 Å². The van der Waals surface area contributed by atoms with Gasteiger partial charge in [0.1, 0.15) is 11.2 Å². The van der Waals surface area contributed by atoms with Gasteiger partial charge in [-0.25, -0.2) is 15.0 Å². The number of nitrogens with zero attached hydrogens (tertiary/aromatic N) is 3. The molecule has 4 heteroatoms. The van der Waals surface area contributed by atoms with Crippen LogP contribution in [0, 0.1) is 5.92 Å². The predicted octanol–water partition coefficient (Wildman–Crippen LogP) is 13.6. The SMILES string of the molecule is C1=CC2CC(C3=CC=C(c4ccc5oc6cccc(-c7nc(-c8ccccc8)nc(-c8cccc(-c9ccccc9)c8)n7)c6c5c4)CC3)=CC=C2c2ccccc21. The second-order valence-corrected chi connectivity index (χ2v) is 15.1. The van der Waals surface area contributed by atoms with Gasteiger partial charge in [0.05, 0.1) is 0 Å². The summed E-state index contributed by atoms with van der Waals surface area (Å²) >= 11 is 0. The molecule has 0 N–H and O–H groups in total. The number of fused-ring (bicyclic) bond motifs is 6. The fourth-order valence-electron chi connectivity index (χ4n) is 8.72. The van der Waals surface area contributed by atoms with Gasteiger partial charge in [-0.15, -0.1) is 0 Å². The largest absolute Gasteiger partial charge is 0.456 e. The van der Waals surface area contributed by atoms with Crippen molar-refractivity contribution in [2.75, 3.05) is 0 Å². The minimum atomic E-state index is 0.431. The molecule has 270 valence electrons. The monoisotopic (exact) mass is 731 g/mol. The van der Waals surface area contributed by atoms with Crippen molar-refractivity contribution in [3.05, 3.63) is 204 Å². The molecule has 3 aliphatic rings. The molecule has 0 aliphatic heterocycles. The summed E-state index contributed by atoms with van der Waals surface area (Å²) in [5.74, 6) is 2.30. The lowest BCUT2D eigenvalue weighted by molar-refractivity contribution is 0.669. The summed E-state index contributed by atoms with van der Waals surface area (Å²) in [7, 11) is 0. The van der Waals surface area contributed by atoms with Crippen LogP contribution in [0.5, 0.6) is 0 Å². The van der Waals surface area contributed by atoms with Crippen LogP contribution in [0.4, 0.5) is 0 Å². The van der Waals surface area contributed by atoms with Crippen LogP contribution < -0.4 is 0 Å². The topological polar surface area (TPSA) is 51.8 Å². The lowest BCUT2D eigenvalue weighted by atomic mass is 9.76. The average Bonchev–Trinajstić information content (AvgIpc) is 3.68. The first-order valence-corrected chi connectivity index (χ1v) is 19.7. The summed E-state index contributed by atoms with van der Waals surface area (Å²) in [6.45, 7) is 0. The fourth-order valence-corrected chi connectivity index (χ4v) is 8.72. The van der Waals surface area contributed by atoms with Gasteiger partial charge >= 0.3 is 0 Å².